The number of allylic oxidation sites excluding steroid dienone is 7. The van der Waals surface area contributed by atoms with E-state index in [-0.39, 0.29) is 12.5 Å². The summed E-state index contributed by atoms with van der Waals surface area (Å²) in [6, 6.07) is -0.646. The van der Waals surface area contributed by atoms with Crippen LogP contribution in [0.1, 0.15) is 194 Å². The van der Waals surface area contributed by atoms with Gasteiger partial charge in [0.15, 0.2) is 0 Å². The Labute approximate surface area is 286 Å². The van der Waals surface area contributed by atoms with Crippen molar-refractivity contribution in [3.63, 3.8) is 0 Å². The number of rotatable bonds is 35. The highest BCUT2D eigenvalue weighted by atomic mass is 16.3. The van der Waals surface area contributed by atoms with Crippen LogP contribution in [0.25, 0.3) is 0 Å². The summed E-state index contributed by atoms with van der Waals surface area (Å²) in [5.74, 6) is -0.0845. The fraction of sp³-hybridized carbons (Fsp3) is 0.786. The molecule has 4 nitrogen and oxygen atoms in total. The van der Waals surface area contributed by atoms with Gasteiger partial charge in [-0.05, 0) is 70.6 Å². The molecule has 0 aliphatic carbocycles. The number of nitrogens with one attached hydrogen (secondary N) is 1. The molecule has 0 rings (SSSR count). The van der Waals surface area contributed by atoms with Crippen LogP contribution in [-0.4, -0.2) is 34.9 Å². The van der Waals surface area contributed by atoms with Gasteiger partial charge in [-0.25, -0.2) is 0 Å². The van der Waals surface area contributed by atoms with E-state index in [1.807, 2.05) is 6.08 Å². The van der Waals surface area contributed by atoms with Crippen molar-refractivity contribution in [2.75, 3.05) is 6.61 Å². The second-order valence-corrected chi connectivity index (χ2v) is 13.3. The van der Waals surface area contributed by atoms with E-state index < -0.39 is 12.1 Å². The third kappa shape index (κ3) is 33.7. The molecule has 2 atom stereocenters. The first-order chi connectivity index (χ1) is 22.7. The normalized spacial score (nSPS) is 13.6. The number of amides is 1. The van der Waals surface area contributed by atoms with Gasteiger partial charge in [0, 0.05) is 6.42 Å². The zero-order valence-electron chi connectivity index (χ0n) is 30.6. The van der Waals surface area contributed by atoms with Gasteiger partial charge in [0.1, 0.15) is 0 Å². The van der Waals surface area contributed by atoms with Crippen LogP contribution in [0.3, 0.4) is 0 Å². The summed E-state index contributed by atoms with van der Waals surface area (Å²) in [4.78, 5) is 12.3. The summed E-state index contributed by atoms with van der Waals surface area (Å²) in [5, 5.41) is 22.9. The van der Waals surface area contributed by atoms with Gasteiger partial charge in [-0.2, -0.15) is 0 Å². The molecule has 0 aromatic rings. The maximum absolute atomic E-state index is 12.3. The topological polar surface area (TPSA) is 69.6 Å². The first-order valence-corrected chi connectivity index (χ1v) is 19.9. The molecular weight excluding hydrogens is 566 g/mol. The third-order valence-corrected chi connectivity index (χ3v) is 8.76. The molecule has 0 aliphatic heterocycles. The molecule has 3 N–H and O–H groups in total. The summed E-state index contributed by atoms with van der Waals surface area (Å²) in [6.45, 7) is 4.27. The first-order valence-electron chi connectivity index (χ1n) is 19.9. The molecule has 0 spiro atoms. The van der Waals surface area contributed by atoms with E-state index in [1.165, 1.54) is 135 Å². The van der Waals surface area contributed by atoms with Gasteiger partial charge in [-0.1, -0.05) is 165 Å². The van der Waals surface area contributed by atoms with E-state index in [9.17, 15) is 15.0 Å². The highest BCUT2D eigenvalue weighted by Crippen LogP contribution is 2.12. The minimum absolute atomic E-state index is 0.0845. The Balaban J connectivity index is 3.67. The highest BCUT2D eigenvalue weighted by Gasteiger charge is 2.17. The number of unbranched alkanes of at least 4 members (excludes halogenated alkanes) is 22. The molecule has 0 aliphatic rings. The average molecular weight is 644 g/mol. The summed E-state index contributed by atoms with van der Waals surface area (Å²) in [5.41, 5.74) is 0. The van der Waals surface area contributed by atoms with Crippen molar-refractivity contribution in [2.45, 2.75) is 206 Å². The zero-order chi connectivity index (χ0) is 33.6. The summed E-state index contributed by atoms with van der Waals surface area (Å²) < 4.78 is 0. The molecule has 46 heavy (non-hydrogen) atoms. The maximum atomic E-state index is 12.3. The molecule has 4 heteroatoms. The highest BCUT2D eigenvalue weighted by molar-refractivity contribution is 5.76. The van der Waals surface area contributed by atoms with E-state index in [1.54, 1.807) is 6.08 Å². The minimum Gasteiger partial charge on any atom is -0.394 e. The van der Waals surface area contributed by atoms with Crippen molar-refractivity contribution >= 4 is 5.91 Å². The van der Waals surface area contributed by atoms with Crippen molar-refractivity contribution in [1.29, 1.82) is 0 Å². The molecule has 0 heterocycles. The Morgan fingerprint density at radius 1 is 0.500 bits per heavy atom. The molecule has 0 saturated heterocycles. The summed E-state index contributed by atoms with van der Waals surface area (Å²) in [7, 11) is 0. The van der Waals surface area contributed by atoms with Gasteiger partial charge in [-0.15, -0.1) is 0 Å². The van der Waals surface area contributed by atoms with Gasteiger partial charge in [-0.3, -0.25) is 4.79 Å². The molecule has 0 aromatic heterocycles. The van der Waals surface area contributed by atoms with Crippen molar-refractivity contribution < 1.29 is 15.0 Å². The van der Waals surface area contributed by atoms with E-state index in [0.29, 0.717) is 6.42 Å². The van der Waals surface area contributed by atoms with Crippen LogP contribution in [0.2, 0.25) is 0 Å². The Hall–Kier alpha value is -1.65. The number of aliphatic hydroxyl groups excluding tert-OH is 2. The number of carbonyl (C=O) groups excluding carboxylic acids is 1. The van der Waals surface area contributed by atoms with Gasteiger partial charge in [0.25, 0.3) is 0 Å². The van der Waals surface area contributed by atoms with E-state index >= 15 is 0 Å². The number of hydrogen-bond acceptors (Lipinski definition) is 3. The Kier molecular flexibility index (Phi) is 36.4. The lowest BCUT2D eigenvalue weighted by Gasteiger charge is -2.19. The van der Waals surface area contributed by atoms with Crippen LogP contribution < -0.4 is 5.32 Å². The molecule has 2 unspecified atom stereocenters. The largest absolute Gasteiger partial charge is 0.394 e. The van der Waals surface area contributed by atoms with Crippen molar-refractivity contribution in [3.05, 3.63) is 48.6 Å². The fourth-order valence-electron chi connectivity index (χ4n) is 5.67. The Morgan fingerprint density at radius 3 is 1.26 bits per heavy atom. The fourth-order valence-corrected chi connectivity index (χ4v) is 5.67. The van der Waals surface area contributed by atoms with Crippen molar-refractivity contribution in [3.8, 4) is 0 Å². The monoisotopic (exact) mass is 644 g/mol. The lowest BCUT2D eigenvalue weighted by Crippen LogP contribution is -2.45. The van der Waals surface area contributed by atoms with Crippen LogP contribution in [0, 0.1) is 0 Å². The van der Waals surface area contributed by atoms with E-state index in [0.717, 1.165) is 38.5 Å². The molecule has 1 amide bonds. The minimum atomic E-state index is -0.870. The van der Waals surface area contributed by atoms with Crippen LogP contribution in [0.15, 0.2) is 48.6 Å². The molecule has 0 bridgehead atoms. The number of aliphatic hydroxyl groups is 2. The zero-order valence-corrected chi connectivity index (χ0v) is 30.6. The van der Waals surface area contributed by atoms with Gasteiger partial charge < -0.3 is 15.5 Å². The molecule has 0 saturated carbocycles. The second kappa shape index (κ2) is 37.8. The Morgan fingerprint density at radius 2 is 0.848 bits per heavy atom. The number of carbonyl (C=O) groups is 1. The predicted molar refractivity (Wildman–Crippen MR) is 202 cm³/mol. The summed E-state index contributed by atoms with van der Waals surface area (Å²) in [6.07, 6.45) is 50.6. The van der Waals surface area contributed by atoms with Crippen LogP contribution in [-0.2, 0) is 4.79 Å². The quantitative estimate of drug-likeness (QED) is 0.0475. The van der Waals surface area contributed by atoms with Crippen LogP contribution in [0.4, 0.5) is 0 Å². The predicted octanol–water partition coefficient (Wildman–Crippen LogP) is 12.0. The van der Waals surface area contributed by atoms with Gasteiger partial charge in [0.2, 0.25) is 5.91 Å². The lowest BCUT2D eigenvalue weighted by molar-refractivity contribution is -0.123. The SMILES string of the molecule is CCCCCCC/C=C/CC/C=C/CC/C=C/C(O)C(CO)NC(=O)CCCCCCCCC/C=C\CCCCCCCCCC. The second-order valence-electron chi connectivity index (χ2n) is 13.3. The first kappa shape index (κ1) is 44.4. The molecule has 0 fully saturated rings. The lowest BCUT2D eigenvalue weighted by atomic mass is 10.1. The maximum Gasteiger partial charge on any atom is 0.220 e. The molecule has 0 radical (unpaired) electrons. The standard InChI is InChI=1S/C42H77NO3/c1-3-5-7-9-11-13-15-17-19-20-21-22-24-26-28-30-32-34-36-38-42(46)43-40(39-44)41(45)37-35-33-31-29-27-25-23-18-16-14-12-10-8-6-4-2/h16,18,20-21,27,29,35,37,40-41,44-45H,3-15,17,19,22-26,28,30-34,36,38-39H2,1-2H3,(H,43,46)/b18-16+,21-20-,29-27+,37-35+. The average Bonchev–Trinajstić information content (AvgIpc) is 3.06. The van der Waals surface area contributed by atoms with Crippen molar-refractivity contribution in [2.24, 2.45) is 0 Å². The van der Waals surface area contributed by atoms with Gasteiger partial charge in [0.05, 0.1) is 18.8 Å². The molecule has 268 valence electrons. The van der Waals surface area contributed by atoms with E-state index in [4.69, 9.17) is 0 Å². The Bertz CT molecular complexity index is 741. The van der Waals surface area contributed by atoms with Gasteiger partial charge >= 0.3 is 0 Å². The van der Waals surface area contributed by atoms with Crippen LogP contribution in [0.5, 0.6) is 0 Å². The smallest absolute Gasteiger partial charge is 0.220 e. The van der Waals surface area contributed by atoms with Crippen molar-refractivity contribution in [1.82, 2.24) is 5.32 Å². The summed E-state index contributed by atoms with van der Waals surface area (Å²) >= 11 is 0. The third-order valence-electron chi connectivity index (χ3n) is 8.76. The number of hydrogen-bond donors (Lipinski definition) is 3. The molecule has 0 aromatic carbocycles. The molecular formula is C42H77NO3. The van der Waals surface area contributed by atoms with E-state index in [2.05, 4.69) is 55.6 Å². The van der Waals surface area contributed by atoms with Crippen LogP contribution >= 0.6 is 0 Å².